The first kappa shape index (κ1) is 28.0. The summed E-state index contributed by atoms with van der Waals surface area (Å²) in [7, 11) is 0. The Morgan fingerprint density at radius 2 is 1.52 bits per heavy atom. The van der Waals surface area contributed by atoms with E-state index < -0.39 is 28.9 Å². The van der Waals surface area contributed by atoms with Gasteiger partial charge in [-0.05, 0) is 39.7 Å². The fourth-order valence-corrected chi connectivity index (χ4v) is 7.03. The number of carboxylic acids is 1. The molecule has 0 saturated carbocycles. The second-order valence-electron chi connectivity index (χ2n) is 12.5. The minimum absolute atomic E-state index is 0.0938. The normalized spacial score (nSPS) is 22.9. The molecule has 0 bridgehead atoms. The molecule has 3 aromatic rings. The van der Waals surface area contributed by atoms with E-state index in [9.17, 15) is 19.5 Å². The van der Waals surface area contributed by atoms with Crippen molar-refractivity contribution in [1.82, 2.24) is 15.1 Å². The minimum atomic E-state index is -1.21. The van der Waals surface area contributed by atoms with Gasteiger partial charge in [0.2, 0.25) is 5.91 Å². The Labute approximate surface area is 246 Å². The molecular weight excluding hydrogens is 530 g/mol. The van der Waals surface area contributed by atoms with Crippen LogP contribution < -0.4 is 5.32 Å². The van der Waals surface area contributed by atoms with Gasteiger partial charge >= 0.3 is 12.1 Å². The molecule has 0 aromatic heterocycles. The molecule has 3 aliphatic rings. The Hall–Kier alpha value is -4.17. The number of carbonyl (C=O) groups excluding carboxylic acids is 2. The number of amides is 2. The monoisotopic (exact) mass is 567 g/mol. The highest BCUT2D eigenvalue weighted by atomic mass is 16.5. The molecule has 2 saturated heterocycles. The molecule has 8 heteroatoms. The number of carboxylic acid groups (broad SMARTS) is 1. The van der Waals surface area contributed by atoms with E-state index in [0.717, 1.165) is 27.8 Å². The molecule has 2 fully saturated rings. The maximum Gasteiger partial charge on any atom is 0.408 e. The maximum absolute atomic E-state index is 14.2. The van der Waals surface area contributed by atoms with Crippen LogP contribution in [0.3, 0.4) is 0 Å². The molecule has 0 spiro atoms. The van der Waals surface area contributed by atoms with Crippen LogP contribution in [0.15, 0.2) is 78.9 Å². The Morgan fingerprint density at radius 1 is 0.905 bits per heavy atom. The predicted octanol–water partition coefficient (Wildman–Crippen LogP) is 4.74. The largest absolute Gasteiger partial charge is 0.481 e. The van der Waals surface area contributed by atoms with Crippen molar-refractivity contribution in [2.45, 2.75) is 38.3 Å². The number of rotatable bonds is 7. The first-order chi connectivity index (χ1) is 20.2. The molecule has 218 valence electrons. The lowest BCUT2D eigenvalue weighted by Crippen LogP contribution is -2.61. The van der Waals surface area contributed by atoms with Gasteiger partial charge in [-0.3, -0.25) is 14.5 Å². The number of hydrogen-bond acceptors (Lipinski definition) is 5. The summed E-state index contributed by atoms with van der Waals surface area (Å²) < 4.78 is 5.86. The molecule has 2 atom stereocenters. The SMILES string of the molecule is CC1(C)CN(C(=O)C2(NC(=O)OCC3c4ccccc4-c4ccccc43)CCN(Cc3ccccc3)C2)CC1C(=O)O. The van der Waals surface area contributed by atoms with Crippen molar-refractivity contribution in [3.63, 3.8) is 0 Å². The molecule has 42 heavy (non-hydrogen) atoms. The molecule has 6 rings (SSSR count). The molecule has 2 aliphatic heterocycles. The quantitative estimate of drug-likeness (QED) is 0.428. The number of aliphatic carboxylic acids is 1. The van der Waals surface area contributed by atoms with Crippen molar-refractivity contribution in [1.29, 1.82) is 0 Å². The van der Waals surface area contributed by atoms with Crippen LogP contribution in [-0.4, -0.2) is 71.2 Å². The zero-order chi connectivity index (χ0) is 29.5. The van der Waals surface area contributed by atoms with Gasteiger partial charge in [-0.2, -0.15) is 0 Å². The van der Waals surface area contributed by atoms with Crippen LogP contribution in [0.4, 0.5) is 4.79 Å². The Balaban J connectivity index is 1.21. The van der Waals surface area contributed by atoms with Crippen LogP contribution >= 0.6 is 0 Å². The number of fused-ring (bicyclic) bond motifs is 3. The number of benzene rings is 3. The molecule has 0 radical (unpaired) electrons. The number of nitrogens with one attached hydrogen (secondary N) is 1. The van der Waals surface area contributed by atoms with Gasteiger partial charge in [0.05, 0.1) is 5.92 Å². The first-order valence-electron chi connectivity index (χ1n) is 14.6. The van der Waals surface area contributed by atoms with E-state index in [1.165, 1.54) is 0 Å². The van der Waals surface area contributed by atoms with Crippen molar-refractivity contribution in [2.75, 3.05) is 32.8 Å². The highest BCUT2D eigenvalue weighted by Gasteiger charge is 2.53. The molecule has 3 aromatic carbocycles. The lowest BCUT2D eigenvalue weighted by Gasteiger charge is -2.33. The molecular formula is C34H37N3O5. The van der Waals surface area contributed by atoms with E-state index in [4.69, 9.17) is 4.74 Å². The number of nitrogens with zero attached hydrogens (tertiary/aromatic N) is 2. The predicted molar refractivity (Wildman–Crippen MR) is 159 cm³/mol. The summed E-state index contributed by atoms with van der Waals surface area (Å²) in [6, 6.07) is 26.3. The summed E-state index contributed by atoms with van der Waals surface area (Å²) in [4.78, 5) is 43.4. The molecule has 8 nitrogen and oxygen atoms in total. The van der Waals surface area contributed by atoms with Gasteiger partial charge in [-0.15, -0.1) is 0 Å². The number of hydrogen-bond donors (Lipinski definition) is 2. The third kappa shape index (κ3) is 5.15. The van der Waals surface area contributed by atoms with Crippen LogP contribution in [0.2, 0.25) is 0 Å². The Bertz CT molecular complexity index is 1460. The van der Waals surface area contributed by atoms with Crippen LogP contribution in [0.5, 0.6) is 0 Å². The van der Waals surface area contributed by atoms with Gasteiger partial charge in [0.25, 0.3) is 0 Å². The van der Waals surface area contributed by atoms with Crippen molar-refractivity contribution in [2.24, 2.45) is 11.3 Å². The number of carbonyl (C=O) groups is 3. The highest BCUT2D eigenvalue weighted by Crippen LogP contribution is 2.44. The summed E-state index contributed by atoms with van der Waals surface area (Å²) in [5.74, 6) is -1.92. The second kappa shape index (κ2) is 10.9. The maximum atomic E-state index is 14.2. The fourth-order valence-electron chi connectivity index (χ4n) is 7.03. The van der Waals surface area contributed by atoms with E-state index in [2.05, 4.69) is 34.5 Å². The van der Waals surface area contributed by atoms with Gasteiger partial charge in [-0.25, -0.2) is 4.79 Å². The smallest absolute Gasteiger partial charge is 0.408 e. The number of ether oxygens (including phenoxy) is 1. The average Bonchev–Trinajstić information content (AvgIpc) is 3.63. The van der Waals surface area contributed by atoms with Crippen LogP contribution in [0.25, 0.3) is 11.1 Å². The van der Waals surface area contributed by atoms with Gasteiger partial charge in [0.15, 0.2) is 0 Å². The lowest BCUT2D eigenvalue weighted by atomic mass is 9.82. The van der Waals surface area contributed by atoms with E-state index in [0.29, 0.717) is 32.6 Å². The van der Waals surface area contributed by atoms with Gasteiger partial charge in [0, 0.05) is 38.6 Å². The summed E-state index contributed by atoms with van der Waals surface area (Å²) >= 11 is 0. The minimum Gasteiger partial charge on any atom is -0.481 e. The van der Waals surface area contributed by atoms with Crippen LogP contribution in [0, 0.1) is 11.3 Å². The van der Waals surface area contributed by atoms with Crippen molar-refractivity contribution in [3.05, 3.63) is 95.6 Å². The highest BCUT2D eigenvalue weighted by molar-refractivity contribution is 5.91. The van der Waals surface area contributed by atoms with Crippen molar-refractivity contribution in [3.8, 4) is 11.1 Å². The van der Waals surface area contributed by atoms with Crippen LogP contribution in [-0.2, 0) is 20.9 Å². The third-order valence-electron chi connectivity index (χ3n) is 9.22. The van der Waals surface area contributed by atoms with E-state index >= 15 is 0 Å². The van der Waals surface area contributed by atoms with E-state index in [1.54, 1.807) is 4.90 Å². The topological polar surface area (TPSA) is 99.2 Å². The van der Waals surface area contributed by atoms with Crippen molar-refractivity contribution >= 4 is 18.0 Å². The number of alkyl carbamates (subject to hydrolysis) is 1. The summed E-state index contributed by atoms with van der Waals surface area (Å²) in [5.41, 5.74) is 3.86. The van der Waals surface area contributed by atoms with Gasteiger partial charge in [-0.1, -0.05) is 92.7 Å². The molecule has 2 amide bonds. The zero-order valence-corrected chi connectivity index (χ0v) is 24.1. The van der Waals surface area contributed by atoms with Crippen LogP contribution in [0.1, 0.15) is 42.9 Å². The summed E-state index contributed by atoms with van der Waals surface area (Å²) in [5, 5.41) is 12.8. The van der Waals surface area contributed by atoms with Gasteiger partial charge in [0.1, 0.15) is 12.1 Å². The van der Waals surface area contributed by atoms with E-state index in [-0.39, 0.29) is 25.0 Å². The number of likely N-dealkylation sites (tertiary alicyclic amines) is 2. The standard InChI is InChI=1S/C34H37N3O5/c1-33(2)21-37(19-29(33)30(38)39)31(40)34(16-17-36(22-34)18-23-10-4-3-5-11-23)35-32(41)42-20-28-26-14-8-6-12-24(26)25-13-7-9-15-27(25)28/h3-15,28-29H,16-22H2,1-2H3,(H,35,41)(H,38,39). The lowest BCUT2D eigenvalue weighted by molar-refractivity contribution is -0.144. The summed E-state index contributed by atoms with van der Waals surface area (Å²) in [6.07, 6.45) is -0.225. The molecule has 2 unspecified atom stereocenters. The Morgan fingerprint density at radius 3 is 2.14 bits per heavy atom. The van der Waals surface area contributed by atoms with Gasteiger partial charge < -0.3 is 20.1 Å². The first-order valence-corrected chi connectivity index (χ1v) is 14.6. The average molecular weight is 568 g/mol. The van der Waals surface area contributed by atoms with E-state index in [1.807, 2.05) is 68.4 Å². The third-order valence-corrected chi connectivity index (χ3v) is 9.22. The molecule has 1 aliphatic carbocycles. The Kier molecular flexibility index (Phi) is 7.27. The second-order valence-corrected chi connectivity index (χ2v) is 12.5. The molecule has 2 N–H and O–H groups in total. The molecule has 2 heterocycles. The fraction of sp³-hybridized carbons (Fsp3) is 0.382. The van der Waals surface area contributed by atoms with Crippen molar-refractivity contribution < 1.29 is 24.2 Å². The summed E-state index contributed by atoms with van der Waals surface area (Å²) in [6.45, 7) is 5.91. The zero-order valence-electron chi connectivity index (χ0n) is 24.1.